The van der Waals surface area contributed by atoms with E-state index in [2.05, 4.69) is 4.99 Å². The molecular formula is C26H27N3O4S. The van der Waals surface area contributed by atoms with Gasteiger partial charge < -0.3 is 14.7 Å². The Morgan fingerprint density at radius 3 is 2.50 bits per heavy atom. The normalized spacial score (nSPS) is 15.6. The van der Waals surface area contributed by atoms with E-state index in [1.165, 1.54) is 11.3 Å². The van der Waals surface area contributed by atoms with E-state index in [9.17, 15) is 14.7 Å². The van der Waals surface area contributed by atoms with Gasteiger partial charge in [0.2, 0.25) is 0 Å². The van der Waals surface area contributed by atoms with Crippen molar-refractivity contribution < 1.29 is 14.6 Å². The summed E-state index contributed by atoms with van der Waals surface area (Å²) in [6.45, 7) is 6.78. The van der Waals surface area contributed by atoms with Crippen LogP contribution in [0.25, 0.3) is 6.08 Å². The van der Waals surface area contributed by atoms with E-state index in [0.29, 0.717) is 39.4 Å². The third-order valence-corrected chi connectivity index (χ3v) is 6.91. The van der Waals surface area contributed by atoms with Crippen molar-refractivity contribution in [3.63, 3.8) is 0 Å². The van der Waals surface area contributed by atoms with Crippen LogP contribution < -0.4 is 19.6 Å². The second-order valence-electron chi connectivity index (χ2n) is 7.89. The molecule has 8 heteroatoms. The number of methoxy groups -OCH3 is 1. The molecule has 1 N–H and O–H groups in total. The van der Waals surface area contributed by atoms with Gasteiger partial charge in [0.15, 0.2) is 4.80 Å². The lowest BCUT2D eigenvalue weighted by Crippen LogP contribution is -2.43. The molecule has 1 aromatic heterocycles. The predicted molar refractivity (Wildman–Crippen MR) is 133 cm³/mol. The number of ether oxygens (including phenoxy) is 1. The molecule has 4 rings (SSSR count). The number of fused-ring (bicyclic) bond motifs is 1. The predicted octanol–water partition coefficient (Wildman–Crippen LogP) is 2.82. The number of likely N-dealkylation sites (N-methyl/N-ethyl adjacent to an activating group) is 1. The summed E-state index contributed by atoms with van der Waals surface area (Å²) in [6, 6.07) is 13.4. The minimum atomic E-state index is -0.664. The van der Waals surface area contributed by atoms with Crippen LogP contribution in [0.5, 0.6) is 11.5 Å². The number of hydrogen-bond acceptors (Lipinski definition) is 6. The molecule has 176 valence electrons. The van der Waals surface area contributed by atoms with E-state index in [-0.39, 0.29) is 17.2 Å². The Hall–Kier alpha value is -3.65. The Balaban J connectivity index is 1.99. The zero-order valence-corrected chi connectivity index (χ0v) is 20.4. The summed E-state index contributed by atoms with van der Waals surface area (Å²) in [6.07, 6.45) is 1.77. The number of nitrogens with zero attached hydrogens (tertiary/aromatic N) is 3. The number of aromatic nitrogens is 1. The van der Waals surface area contributed by atoms with Gasteiger partial charge in [0.1, 0.15) is 17.5 Å². The van der Waals surface area contributed by atoms with Crippen LogP contribution in [0.4, 0.5) is 0 Å². The highest BCUT2D eigenvalue weighted by atomic mass is 32.1. The zero-order chi connectivity index (χ0) is 24.4. The quantitative estimate of drug-likeness (QED) is 0.592. The van der Waals surface area contributed by atoms with Crippen molar-refractivity contribution in [1.82, 2.24) is 9.47 Å². The average molecular weight is 478 g/mol. The first-order valence-electron chi connectivity index (χ1n) is 11.1. The first-order chi connectivity index (χ1) is 16.4. The van der Waals surface area contributed by atoms with E-state index in [1.54, 1.807) is 46.9 Å². The Morgan fingerprint density at radius 2 is 1.85 bits per heavy atom. The summed E-state index contributed by atoms with van der Waals surface area (Å²) in [4.78, 5) is 34.3. The first-order valence-corrected chi connectivity index (χ1v) is 11.9. The molecule has 1 aliphatic heterocycles. The molecule has 0 fully saturated rings. The third-order valence-electron chi connectivity index (χ3n) is 5.93. The maximum absolute atomic E-state index is 13.7. The minimum Gasteiger partial charge on any atom is -0.508 e. The second kappa shape index (κ2) is 9.69. The van der Waals surface area contributed by atoms with Crippen LogP contribution in [0.15, 0.2) is 69.6 Å². The van der Waals surface area contributed by atoms with Gasteiger partial charge in [-0.3, -0.25) is 14.2 Å². The molecule has 0 unspecified atom stereocenters. The maximum atomic E-state index is 13.7. The van der Waals surface area contributed by atoms with E-state index < -0.39 is 6.04 Å². The van der Waals surface area contributed by atoms with Gasteiger partial charge in [-0.2, -0.15) is 0 Å². The lowest BCUT2D eigenvalue weighted by Gasteiger charge is -2.29. The average Bonchev–Trinajstić information content (AvgIpc) is 3.14. The largest absolute Gasteiger partial charge is 0.508 e. The number of hydrogen-bond donors (Lipinski definition) is 1. The highest BCUT2D eigenvalue weighted by Gasteiger charge is 2.35. The molecule has 1 amide bonds. The van der Waals surface area contributed by atoms with Gasteiger partial charge in [-0.05, 0) is 50.6 Å². The van der Waals surface area contributed by atoms with Gasteiger partial charge in [0.25, 0.3) is 11.5 Å². The van der Waals surface area contributed by atoms with E-state index in [1.807, 2.05) is 45.0 Å². The summed E-state index contributed by atoms with van der Waals surface area (Å²) in [5.74, 6) is 0.611. The summed E-state index contributed by atoms with van der Waals surface area (Å²) in [5.41, 5.74) is 2.34. The van der Waals surface area contributed by atoms with Crippen LogP contribution in [0, 0.1) is 0 Å². The van der Waals surface area contributed by atoms with E-state index in [0.717, 1.165) is 11.1 Å². The number of amides is 1. The molecular weight excluding hydrogens is 450 g/mol. The topological polar surface area (TPSA) is 84.1 Å². The Labute approximate surface area is 201 Å². The van der Waals surface area contributed by atoms with Crippen LogP contribution >= 0.6 is 11.3 Å². The van der Waals surface area contributed by atoms with Crippen molar-refractivity contribution in [2.75, 3.05) is 20.2 Å². The molecule has 1 aliphatic rings. The molecule has 0 radical (unpaired) electrons. The van der Waals surface area contributed by atoms with Crippen LogP contribution in [-0.2, 0) is 4.79 Å². The molecule has 0 saturated heterocycles. The van der Waals surface area contributed by atoms with Crippen molar-refractivity contribution in [1.29, 1.82) is 0 Å². The van der Waals surface area contributed by atoms with Gasteiger partial charge in [0, 0.05) is 18.7 Å². The smallest absolute Gasteiger partial charge is 0.271 e. The second-order valence-corrected chi connectivity index (χ2v) is 8.90. The maximum Gasteiger partial charge on any atom is 0.271 e. The number of rotatable bonds is 6. The summed E-state index contributed by atoms with van der Waals surface area (Å²) >= 11 is 1.28. The highest BCUT2D eigenvalue weighted by Crippen LogP contribution is 2.35. The third kappa shape index (κ3) is 4.17. The molecule has 7 nitrogen and oxygen atoms in total. The zero-order valence-electron chi connectivity index (χ0n) is 19.6. The number of thiazole rings is 1. The number of phenolic OH excluding ortho intramolecular Hbond substituents is 1. The minimum absolute atomic E-state index is 0.144. The number of phenols is 1. The van der Waals surface area contributed by atoms with Gasteiger partial charge >= 0.3 is 0 Å². The standard InChI is InChI=1S/C26H27N3O4S/c1-5-28(6-2)25(32)22-16(3)27-26-29(23(22)19-9-7-8-10-20(19)33-4)24(31)21(34-26)15-17-11-13-18(30)14-12-17/h7-15,23,30H,5-6H2,1-4H3/t23-/m1/s1. The number of benzene rings is 2. The Kier molecular flexibility index (Phi) is 6.70. The highest BCUT2D eigenvalue weighted by molar-refractivity contribution is 7.07. The van der Waals surface area contributed by atoms with Crippen molar-refractivity contribution in [2.24, 2.45) is 4.99 Å². The van der Waals surface area contributed by atoms with Crippen molar-refractivity contribution in [2.45, 2.75) is 26.8 Å². The molecule has 0 spiro atoms. The number of allylic oxidation sites excluding steroid dienone is 1. The monoisotopic (exact) mass is 477 g/mol. The molecule has 0 saturated carbocycles. The van der Waals surface area contributed by atoms with Crippen LogP contribution in [0.3, 0.4) is 0 Å². The van der Waals surface area contributed by atoms with E-state index >= 15 is 0 Å². The molecule has 0 aliphatic carbocycles. The van der Waals surface area contributed by atoms with Crippen LogP contribution in [0.2, 0.25) is 0 Å². The number of carbonyl (C=O) groups excluding carboxylic acids is 1. The fourth-order valence-corrected chi connectivity index (χ4v) is 5.23. The van der Waals surface area contributed by atoms with Gasteiger partial charge in [-0.15, -0.1) is 0 Å². The molecule has 3 aromatic rings. The van der Waals surface area contributed by atoms with Gasteiger partial charge in [0.05, 0.1) is 22.9 Å². The number of para-hydroxylation sites is 1. The Morgan fingerprint density at radius 1 is 1.18 bits per heavy atom. The summed E-state index contributed by atoms with van der Waals surface area (Å²) in [5, 5.41) is 9.57. The fraction of sp³-hybridized carbons (Fsp3) is 0.269. The molecule has 1 atom stereocenters. The number of aromatic hydroxyl groups is 1. The lowest BCUT2D eigenvalue weighted by molar-refractivity contribution is -0.127. The number of carbonyl (C=O) groups is 1. The van der Waals surface area contributed by atoms with E-state index in [4.69, 9.17) is 4.74 Å². The SMILES string of the molecule is CCN(CC)C(=O)C1=C(C)N=c2sc(=Cc3ccc(O)cc3)c(=O)n2[C@@H]1c1ccccc1OC. The fourth-order valence-electron chi connectivity index (χ4n) is 4.18. The first kappa shape index (κ1) is 23.5. The van der Waals surface area contributed by atoms with Crippen molar-refractivity contribution >= 4 is 23.3 Å². The molecule has 0 bridgehead atoms. The van der Waals surface area contributed by atoms with Crippen molar-refractivity contribution in [3.05, 3.63) is 90.6 Å². The Bertz CT molecular complexity index is 1430. The van der Waals surface area contributed by atoms with Gasteiger partial charge in [-0.25, -0.2) is 4.99 Å². The van der Waals surface area contributed by atoms with Gasteiger partial charge in [-0.1, -0.05) is 41.7 Å². The summed E-state index contributed by atoms with van der Waals surface area (Å²) in [7, 11) is 1.58. The van der Waals surface area contributed by atoms with Crippen LogP contribution in [-0.4, -0.2) is 40.7 Å². The van der Waals surface area contributed by atoms with Crippen molar-refractivity contribution in [3.8, 4) is 11.5 Å². The van der Waals surface area contributed by atoms with Crippen LogP contribution in [0.1, 0.15) is 37.9 Å². The lowest BCUT2D eigenvalue weighted by atomic mass is 9.94. The molecule has 2 heterocycles. The molecule has 2 aromatic carbocycles. The molecule has 34 heavy (non-hydrogen) atoms. The summed E-state index contributed by atoms with van der Waals surface area (Å²) < 4.78 is 7.71.